The van der Waals surface area contributed by atoms with Gasteiger partial charge in [-0.15, -0.1) is 10.2 Å². The molecule has 0 aliphatic rings. The number of carbonyl (C=O) groups excluding carboxylic acids is 1. The molecule has 0 aliphatic carbocycles. The first-order valence-corrected chi connectivity index (χ1v) is 10.3. The summed E-state index contributed by atoms with van der Waals surface area (Å²) in [5.74, 6) is 0.784. The number of hydrogen-bond acceptors (Lipinski definition) is 7. The van der Waals surface area contributed by atoms with Crippen LogP contribution in [0.4, 0.5) is 10.8 Å². The van der Waals surface area contributed by atoms with E-state index in [1.807, 2.05) is 32.9 Å². The third kappa shape index (κ3) is 5.11. The summed E-state index contributed by atoms with van der Waals surface area (Å²) >= 11 is 2.82. The predicted octanol–water partition coefficient (Wildman–Crippen LogP) is 4.79. The van der Waals surface area contributed by atoms with E-state index in [1.54, 1.807) is 6.26 Å². The van der Waals surface area contributed by atoms with Gasteiger partial charge in [-0.2, -0.15) is 0 Å². The SMILES string of the molecule is Cc1cc(C)c(NC(=O)[C@@H](C)Sc2nnc(NCc3ccco3)s2)c(C)c1. The van der Waals surface area contributed by atoms with Crippen LogP contribution in [0.1, 0.15) is 29.4 Å². The van der Waals surface area contributed by atoms with Gasteiger partial charge >= 0.3 is 0 Å². The molecule has 3 aromatic rings. The zero-order valence-corrected chi connectivity index (χ0v) is 17.3. The van der Waals surface area contributed by atoms with E-state index in [1.165, 1.54) is 28.7 Å². The number of aromatic nitrogens is 2. The first-order valence-electron chi connectivity index (χ1n) is 8.57. The predicted molar refractivity (Wildman–Crippen MR) is 111 cm³/mol. The van der Waals surface area contributed by atoms with Gasteiger partial charge in [0.25, 0.3) is 0 Å². The number of hydrogen-bond donors (Lipinski definition) is 2. The number of amides is 1. The van der Waals surface area contributed by atoms with Crippen molar-refractivity contribution in [3.63, 3.8) is 0 Å². The molecule has 2 aromatic heterocycles. The van der Waals surface area contributed by atoms with Gasteiger partial charge in [0, 0.05) is 5.69 Å². The van der Waals surface area contributed by atoms with Crippen molar-refractivity contribution in [1.29, 1.82) is 0 Å². The van der Waals surface area contributed by atoms with Crippen molar-refractivity contribution in [3.8, 4) is 0 Å². The number of anilines is 2. The van der Waals surface area contributed by atoms with Crippen molar-refractivity contribution in [3.05, 3.63) is 53.0 Å². The number of aryl methyl sites for hydroxylation is 3. The number of nitrogens with zero attached hydrogens (tertiary/aromatic N) is 2. The summed E-state index contributed by atoms with van der Waals surface area (Å²) in [6.07, 6.45) is 1.64. The smallest absolute Gasteiger partial charge is 0.237 e. The van der Waals surface area contributed by atoms with E-state index in [-0.39, 0.29) is 11.2 Å². The molecule has 1 atom stereocenters. The number of furan rings is 1. The zero-order valence-electron chi connectivity index (χ0n) is 15.7. The molecule has 0 spiro atoms. The lowest BCUT2D eigenvalue weighted by atomic mass is 10.1. The number of carbonyl (C=O) groups is 1. The fourth-order valence-corrected chi connectivity index (χ4v) is 4.60. The molecule has 1 amide bonds. The van der Waals surface area contributed by atoms with Gasteiger partial charge in [-0.3, -0.25) is 4.79 Å². The van der Waals surface area contributed by atoms with Crippen molar-refractivity contribution in [2.45, 2.75) is 43.8 Å². The molecule has 1 aromatic carbocycles. The van der Waals surface area contributed by atoms with Gasteiger partial charge in [-0.1, -0.05) is 40.8 Å². The van der Waals surface area contributed by atoms with Crippen LogP contribution in [-0.4, -0.2) is 21.4 Å². The molecule has 0 saturated carbocycles. The lowest BCUT2D eigenvalue weighted by molar-refractivity contribution is -0.115. The summed E-state index contributed by atoms with van der Waals surface area (Å²) < 4.78 is 6.02. The molecule has 27 heavy (non-hydrogen) atoms. The third-order valence-electron chi connectivity index (χ3n) is 3.97. The maximum atomic E-state index is 12.6. The van der Waals surface area contributed by atoms with E-state index in [4.69, 9.17) is 4.42 Å². The second-order valence-electron chi connectivity index (χ2n) is 6.33. The fourth-order valence-electron chi connectivity index (χ4n) is 2.71. The van der Waals surface area contributed by atoms with E-state index in [0.717, 1.165) is 26.9 Å². The molecule has 8 heteroatoms. The first kappa shape index (κ1) is 19.4. The van der Waals surface area contributed by atoms with Gasteiger partial charge in [0.2, 0.25) is 11.0 Å². The lowest BCUT2D eigenvalue weighted by Gasteiger charge is -2.15. The average molecular weight is 403 g/mol. The molecule has 0 radical (unpaired) electrons. The Labute approximate surface area is 166 Å². The van der Waals surface area contributed by atoms with Crippen LogP contribution in [0.15, 0.2) is 39.3 Å². The van der Waals surface area contributed by atoms with Gasteiger partial charge in [0.05, 0.1) is 18.1 Å². The fraction of sp³-hybridized carbons (Fsp3) is 0.316. The van der Waals surface area contributed by atoms with Crippen LogP contribution in [0.5, 0.6) is 0 Å². The standard InChI is InChI=1S/C19H22N4O2S2/c1-11-8-12(2)16(13(3)9-11)21-17(24)14(4)26-19-23-22-18(27-19)20-10-15-6-5-7-25-15/h5-9,14H,10H2,1-4H3,(H,20,22)(H,21,24)/t14-/m1/s1. The molecule has 6 nitrogen and oxygen atoms in total. The number of thioether (sulfide) groups is 1. The zero-order chi connectivity index (χ0) is 19.4. The quantitative estimate of drug-likeness (QED) is 0.553. The van der Waals surface area contributed by atoms with Gasteiger partial charge in [0.1, 0.15) is 5.76 Å². The highest BCUT2D eigenvalue weighted by molar-refractivity contribution is 8.02. The van der Waals surface area contributed by atoms with Crippen molar-refractivity contribution in [2.24, 2.45) is 0 Å². The highest BCUT2D eigenvalue weighted by Crippen LogP contribution is 2.30. The Bertz CT molecular complexity index is 899. The second kappa shape index (κ2) is 8.58. The molecule has 0 aliphatic heterocycles. The molecule has 3 rings (SSSR count). The Morgan fingerprint density at radius 1 is 1.26 bits per heavy atom. The molecule has 2 heterocycles. The highest BCUT2D eigenvalue weighted by Gasteiger charge is 2.19. The van der Waals surface area contributed by atoms with Crippen molar-refractivity contribution in [1.82, 2.24) is 10.2 Å². The molecular weight excluding hydrogens is 380 g/mol. The minimum atomic E-state index is -0.282. The molecule has 2 N–H and O–H groups in total. The summed E-state index contributed by atoms with van der Waals surface area (Å²) in [5, 5.41) is 14.9. The van der Waals surface area contributed by atoms with Crippen molar-refractivity contribution < 1.29 is 9.21 Å². The Morgan fingerprint density at radius 2 is 2.00 bits per heavy atom. The highest BCUT2D eigenvalue weighted by atomic mass is 32.2. The van der Waals surface area contributed by atoms with E-state index >= 15 is 0 Å². The Morgan fingerprint density at radius 3 is 2.67 bits per heavy atom. The number of rotatable bonds is 7. The topological polar surface area (TPSA) is 80.0 Å². The maximum absolute atomic E-state index is 12.6. The van der Waals surface area contributed by atoms with Crippen LogP contribution in [0.3, 0.4) is 0 Å². The third-order valence-corrected chi connectivity index (χ3v) is 6.04. The summed E-state index contributed by atoms with van der Waals surface area (Å²) in [6.45, 7) is 8.49. The average Bonchev–Trinajstić information content (AvgIpc) is 3.27. The second-order valence-corrected chi connectivity index (χ2v) is 8.89. The summed E-state index contributed by atoms with van der Waals surface area (Å²) in [5.41, 5.74) is 4.21. The Hall–Kier alpha value is -2.32. The lowest BCUT2D eigenvalue weighted by Crippen LogP contribution is -2.23. The number of benzene rings is 1. The maximum Gasteiger partial charge on any atom is 0.237 e. The molecule has 142 valence electrons. The molecule has 0 saturated heterocycles. The van der Waals surface area contributed by atoms with Crippen LogP contribution >= 0.6 is 23.1 Å². The van der Waals surface area contributed by atoms with E-state index in [0.29, 0.717) is 11.7 Å². The van der Waals surface area contributed by atoms with Crippen LogP contribution in [-0.2, 0) is 11.3 Å². The van der Waals surface area contributed by atoms with E-state index in [9.17, 15) is 4.79 Å². The minimum absolute atomic E-state index is 0.0460. The normalized spacial score (nSPS) is 12.0. The van der Waals surface area contributed by atoms with E-state index < -0.39 is 0 Å². The minimum Gasteiger partial charge on any atom is -0.467 e. The Kier molecular flexibility index (Phi) is 6.18. The van der Waals surface area contributed by atoms with Gasteiger partial charge < -0.3 is 15.1 Å². The molecule has 0 unspecified atom stereocenters. The molecular formula is C19H22N4O2S2. The van der Waals surface area contributed by atoms with Gasteiger partial charge in [-0.05, 0) is 51.0 Å². The van der Waals surface area contributed by atoms with Gasteiger partial charge in [0.15, 0.2) is 4.34 Å². The van der Waals surface area contributed by atoms with Crippen LogP contribution in [0, 0.1) is 20.8 Å². The van der Waals surface area contributed by atoms with Crippen LogP contribution in [0.25, 0.3) is 0 Å². The van der Waals surface area contributed by atoms with Crippen LogP contribution in [0.2, 0.25) is 0 Å². The monoisotopic (exact) mass is 402 g/mol. The Balaban J connectivity index is 1.57. The van der Waals surface area contributed by atoms with E-state index in [2.05, 4.69) is 39.9 Å². The van der Waals surface area contributed by atoms with Crippen molar-refractivity contribution in [2.75, 3.05) is 10.6 Å². The van der Waals surface area contributed by atoms with Gasteiger partial charge in [-0.25, -0.2) is 0 Å². The summed E-state index contributed by atoms with van der Waals surface area (Å²) in [4.78, 5) is 12.6. The molecule has 0 fully saturated rings. The largest absolute Gasteiger partial charge is 0.467 e. The first-order chi connectivity index (χ1) is 12.9. The number of nitrogens with one attached hydrogen (secondary N) is 2. The summed E-state index contributed by atoms with van der Waals surface area (Å²) in [7, 11) is 0. The molecule has 0 bridgehead atoms. The van der Waals surface area contributed by atoms with Crippen molar-refractivity contribution >= 4 is 39.8 Å². The van der Waals surface area contributed by atoms with Crippen LogP contribution < -0.4 is 10.6 Å². The summed E-state index contributed by atoms with van der Waals surface area (Å²) in [6, 6.07) is 7.88.